The van der Waals surface area contributed by atoms with Gasteiger partial charge in [-0.1, -0.05) is 30.3 Å². The number of rotatable bonds is 5. The van der Waals surface area contributed by atoms with Crippen LogP contribution in [0.3, 0.4) is 0 Å². The van der Waals surface area contributed by atoms with Gasteiger partial charge in [-0.2, -0.15) is 5.26 Å². The molecule has 0 aliphatic carbocycles. The molecule has 0 saturated carbocycles. The average Bonchev–Trinajstić information content (AvgIpc) is 2.72. The predicted octanol–water partition coefficient (Wildman–Crippen LogP) is 3.69. The van der Waals surface area contributed by atoms with Crippen molar-refractivity contribution in [3.8, 4) is 6.07 Å². The lowest BCUT2D eigenvalue weighted by molar-refractivity contribution is -0.148. The number of hydrogen-bond acceptors (Lipinski definition) is 5. The van der Waals surface area contributed by atoms with E-state index in [4.69, 9.17) is 10.00 Å². The Hall–Kier alpha value is -3.98. The van der Waals surface area contributed by atoms with Crippen LogP contribution in [0.25, 0.3) is 17.0 Å². The minimum absolute atomic E-state index is 0.425. The van der Waals surface area contributed by atoms with Crippen molar-refractivity contribution in [2.75, 3.05) is 5.32 Å². The molecule has 28 heavy (non-hydrogen) atoms. The van der Waals surface area contributed by atoms with Gasteiger partial charge in [0, 0.05) is 28.9 Å². The normalized spacial score (nSPS) is 11.7. The summed E-state index contributed by atoms with van der Waals surface area (Å²) in [4.78, 5) is 28.6. The van der Waals surface area contributed by atoms with Gasteiger partial charge in [-0.25, -0.2) is 4.79 Å². The number of nitriles is 1. The molecule has 0 radical (unpaired) electrons. The van der Waals surface area contributed by atoms with E-state index in [1.807, 2.05) is 36.4 Å². The number of pyridine rings is 1. The van der Waals surface area contributed by atoms with Crippen LogP contribution in [0.5, 0.6) is 0 Å². The van der Waals surface area contributed by atoms with Crippen molar-refractivity contribution in [2.45, 2.75) is 13.0 Å². The summed E-state index contributed by atoms with van der Waals surface area (Å²) in [6, 6.07) is 17.9. The fourth-order valence-corrected chi connectivity index (χ4v) is 2.60. The second kappa shape index (κ2) is 8.60. The largest absolute Gasteiger partial charge is 0.449 e. The molecule has 0 spiro atoms. The smallest absolute Gasteiger partial charge is 0.331 e. The van der Waals surface area contributed by atoms with E-state index in [0.29, 0.717) is 11.3 Å². The number of aromatic nitrogens is 1. The number of benzene rings is 2. The molecule has 0 saturated heterocycles. The van der Waals surface area contributed by atoms with E-state index in [2.05, 4.69) is 10.3 Å². The van der Waals surface area contributed by atoms with Crippen LogP contribution in [-0.4, -0.2) is 23.0 Å². The molecule has 1 amide bonds. The number of esters is 1. The van der Waals surface area contributed by atoms with Gasteiger partial charge < -0.3 is 10.1 Å². The third kappa shape index (κ3) is 4.59. The van der Waals surface area contributed by atoms with Gasteiger partial charge in [0.25, 0.3) is 5.91 Å². The molecule has 1 N–H and O–H groups in total. The van der Waals surface area contributed by atoms with Crippen LogP contribution < -0.4 is 5.32 Å². The molecule has 6 nitrogen and oxygen atoms in total. The van der Waals surface area contributed by atoms with E-state index < -0.39 is 18.0 Å². The molecule has 0 aliphatic heterocycles. The highest BCUT2D eigenvalue weighted by atomic mass is 16.5. The summed E-state index contributed by atoms with van der Waals surface area (Å²) >= 11 is 0. The molecular weight excluding hydrogens is 354 g/mol. The number of carbonyl (C=O) groups is 2. The second-order valence-corrected chi connectivity index (χ2v) is 6.02. The van der Waals surface area contributed by atoms with Crippen LogP contribution in [-0.2, 0) is 14.3 Å². The highest BCUT2D eigenvalue weighted by Crippen LogP contribution is 2.17. The topological polar surface area (TPSA) is 92.1 Å². The standard InChI is InChI=1S/C22H17N3O3/c1-15(22(27)25-19-9-2-5-16(13-19)14-23)28-20(26)11-10-18-7-3-6-17-8-4-12-24-21(17)18/h2-13,15H,1H3,(H,25,27)/b11-10-/t15-/m0/s1. The van der Waals surface area contributed by atoms with Crippen LogP contribution >= 0.6 is 0 Å². The van der Waals surface area contributed by atoms with Gasteiger partial charge in [0.2, 0.25) is 0 Å². The van der Waals surface area contributed by atoms with Crippen molar-refractivity contribution in [1.29, 1.82) is 5.26 Å². The zero-order chi connectivity index (χ0) is 19.9. The van der Waals surface area contributed by atoms with Crippen LogP contribution in [0, 0.1) is 11.3 Å². The molecule has 0 fully saturated rings. The summed E-state index contributed by atoms with van der Waals surface area (Å²) in [7, 11) is 0. The Balaban J connectivity index is 1.62. The highest BCUT2D eigenvalue weighted by molar-refractivity contribution is 5.97. The van der Waals surface area contributed by atoms with Crippen molar-refractivity contribution in [3.63, 3.8) is 0 Å². The molecule has 1 heterocycles. The van der Waals surface area contributed by atoms with E-state index in [9.17, 15) is 9.59 Å². The Kier molecular flexibility index (Phi) is 5.78. The zero-order valence-electron chi connectivity index (χ0n) is 15.1. The zero-order valence-corrected chi connectivity index (χ0v) is 15.1. The number of anilines is 1. The number of ether oxygens (including phenoxy) is 1. The molecule has 0 aliphatic rings. The Morgan fingerprint density at radius 2 is 1.96 bits per heavy atom. The maximum atomic E-state index is 12.2. The van der Waals surface area contributed by atoms with Crippen LogP contribution in [0.15, 0.2) is 66.9 Å². The van der Waals surface area contributed by atoms with E-state index >= 15 is 0 Å². The molecule has 138 valence electrons. The molecule has 0 bridgehead atoms. The molecule has 1 atom stereocenters. The quantitative estimate of drug-likeness (QED) is 0.545. The van der Waals surface area contributed by atoms with Crippen molar-refractivity contribution >= 4 is 34.5 Å². The maximum Gasteiger partial charge on any atom is 0.331 e. The minimum Gasteiger partial charge on any atom is -0.449 e. The van der Waals surface area contributed by atoms with Gasteiger partial charge in [0.1, 0.15) is 0 Å². The van der Waals surface area contributed by atoms with E-state index in [0.717, 1.165) is 16.5 Å². The second-order valence-electron chi connectivity index (χ2n) is 6.02. The monoisotopic (exact) mass is 371 g/mol. The first-order valence-corrected chi connectivity index (χ1v) is 8.60. The van der Waals surface area contributed by atoms with Crippen LogP contribution in [0.1, 0.15) is 18.1 Å². The fourth-order valence-electron chi connectivity index (χ4n) is 2.60. The molecule has 3 aromatic rings. The van der Waals surface area contributed by atoms with Gasteiger partial charge in [-0.15, -0.1) is 0 Å². The Morgan fingerprint density at radius 3 is 2.79 bits per heavy atom. The van der Waals surface area contributed by atoms with Crippen molar-refractivity contribution in [2.24, 2.45) is 0 Å². The summed E-state index contributed by atoms with van der Waals surface area (Å²) in [6.07, 6.45) is 3.57. The Bertz CT molecular complexity index is 1090. The molecular formula is C22H17N3O3. The van der Waals surface area contributed by atoms with Crippen molar-refractivity contribution in [3.05, 3.63) is 78.0 Å². The van der Waals surface area contributed by atoms with Crippen molar-refractivity contribution in [1.82, 2.24) is 4.98 Å². The molecule has 3 rings (SSSR count). The first-order chi connectivity index (χ1) is 13.6. The summed E-state index contributed by atoms with van der Waals surface area (Å²) in [5.74, 6) is -1.12. The lowest BCUT2D eigenvalue weighted by Gasteiger charge is -2.12. The fraction of sp³-hybridized carbons (Fsp3) is 0.0909. The van der Waals surface area contributed by atoms with Gasteiger partial charge in [-0.3, -0.25) is 9.78 Å². The number of carbonyl (C=O) groups excluding carboxylic acids is 2. The Morgan fingerprint density at radius 1 is 1.18 bits per heavy atom. The summed E-state index contributed by atoms with van der Waals surface area (Å²) in [5, 5.41) is 12.5. The average molecular weight is 371 g/mol. The lowest BCUT2D eigenvalue weighted by atomic mass is 10.1. The molecule has 0 unspecified atom stereocenters. The first kappa shape index (κ1) is 18.8. The predicted molar refractivity (Wildman–Crippen MR) is 106 cm³/mol. The molecule has 6 heteroatoms. The first-order valence-electron chi connectivity index (χ1n) is 8.60. The van der Waals surface area contributed by atoms with E-state index in [-0.39, 0.29) is 0 Å². The Labute approximate surface area is 162 Å². The van der Waals surface area contributed by atoms with Gasteiger partial charge in [-0.05, 0) is 37.3 Å². The molecule has 2 aromatic carbocycles. The van der Waals surface area contributed by atoms with Gasteiger partial charge in [0.05, 0.1) is 17.1 Å². The van der Waals surface area contributed by atoms with Gasteiger partial charge in [0.15, 0.2) is 6.10 Å². The minimum atomic E-state index is -0.992. The van der Waals surface area contributed by atoms with Crippen LogP contribution in [0.2, 0.25) is 0 Å². The third-order valence-corrected chi connectivity index (χ3v) is 3.98. The SMILES string of the molecule is C[C@H](OC(=O)/C=C\c1cccc2cccnc12)C(=O)Nc1cccc(C#N)c1. The number of para-hydroxylation sites is 1. The van der Waals surface area contributed by atoms with Crippen molar-refractivity contribution < 1.29 is 14.3 Å². The third-order valence-electron chi connectivity index (χ3n) is 3.98. The number of amides is 1. The van der Waals surface area contributed by atoms with Crippen LogP contribution in [0.4, 0.5) is 5.69 Å². The number of fused-ring (bicyclic) bond motifs is 1. The number of nitrogens with zero attached hydrogens (tertiary/aromatic N) is 2. The highest BCUT2D eigenvalue weighted by Gasteiger charge is 2.16. The lowest BCUT2D eigenvalue weighted by Crippen LogP contribution is -2.29. The number of nitrogens with one attached hydrogen (secondary N) is 1. The number of hydrogen-bond donors (Lipinski definition) is 1. The van der Waals surface area contributed by atoms with E-state index in [1.165, 1.54) is 13.0 Å². The summed E-state index contributed by atoms with van der Waals surface area (Å²) in [5.41, 5.74) is 2.44. The summed E-state index contributed by atoms with van der Waals surface area (Å²) in [6.45, 7) is 1.48. The summed E-state index contributed by atoms with van der Waals surface area (Å²) < 4.78 is 5.15. The van der Waals surface area contributed by atoms with E-state index in [1.54, 1.807) is 36.5 Å². The molecule has 1 aromatic heterocycles. The van der Waals surface area contributed by atoms with Gasteiger partial charge >= 0.3 is 5.97 Å². The maximum absolute atomic E-state index is 12.2.